The number of hydrogen-bond donors (Lipinski definition) is 1. The van der Waals surface area contributed by atoms with Crippen molar-refractivity contribution < 1.29 is 21.6 Å². The van der Waals surface area contributed by atoms with Gasteiger partial charge in [0.1, 0.15) is 0 Å². The number of nitrogens with zero attached hydrogens (tertiary/aromatic N) is 2. The fraction of sp³-hybridized carbons (Fsp3) is 0.400. The second-order valence-corrected chi connectivity index (χ2v) is 8.48. The highest BCUT2D eigenvalue weighted by molar-refractivity contribution is 9.10. The summed E-state index contributed by atoms with van der Waals surface area (Å²) in [7, 11) is -3.72. The van der Waals surface area contributed by atoms with Crippen LogP contribution in [-0.2, 0) is 22.7 Å². The van der Waals surface area contributed by atoms with E-state index in [0.29, 0.717) is 5.69 Å². The quantitative estimate of drug-likeness (QED) is 0.751. The van der Waals surface area contributed by atoms with Crippen LogP contribution in [0.5, 0.6) is 0 Å². The third-order valence-electron chi connectivity index (χ3n) is 3.84. The van der Waals surface area contributed by atoms with Crippen LogP contribution in [0, 0.1) is 0 Å². The summed E-state index contributed by atoms with van der Waals surface area (Å²) >= 11 is 3.22. The van der Waals surface area contributed by atoms with Crippen molar-refractivity contribution in [1.29, 1.82) is 0 Å². The Hall–Kier alpha value is -1.39. The molecule has 0 bridgehead atoms. The number of hydrogen-bond acceptors (Lipinski definition) is 3. The summed E-state index contributed by atoms with van der Waals surface area (Å²) in [5.74, 6) is 0.0756. The van der Waals surface area contributed by atoms with Crippen LogP contribution < -0.4 is 4.72 Å². The highest BCUT2D eigenvalue weighted by atomic mass is 79.9. The number of nitrogens with one attached hydrogen (secondary N) is 1. The van der Waals surface area contributed by atoms with E-state index in [9.17, 15) is 21.6 Å². The van der Waals surface area contributed by atoms with Gasteiger partial charge >= 0.3 is 6.18 Å². The maximum atomic E-state index is 12.8. The molecule has 3 rings (SSSR count). The zero-order valence-electron chi connectivity index (χ0n) is 12.9. The SMILES string of the molecule is O=S(=O)(NCCn1nc(C(F)(F)F)cc1C1CC1)c1ccc(Br)cc1. The van der Waals surface area contributed by atoms with Crippen LogP contribution in [0.2, 0.25) is 0 Å². The maximum absolute atomic E-state index is 12.8. The molecule has 1 N–H and O–H groups in total. The van der Waals surface area contributed by atoms with Crippen LogP contribution in [0.3, 0.4) is 0 Å². The number of alkyl halides is 3. The average Bonchev–Trinajstić information content (AvgIpc) is 3.27. The fourth-order valence-corrected chi connectivity index (χ4v) is 3.72. The Morgan fingerprint density at radius 1 is 1.24 bits per heavy atom. The minimum Gasteiger partial charge on any atom is -0.267 e. The summed E-state index contributed by atoms with van der Waals surface area (Å²) in [4.78, 5) is 0.0922. The van der Waals surface area contributed by atoms with Crippen molar-refractivity contribution in [3.63, 3.8) is 0 Å². The van der Waals surface area contributed by atoms with Crippen LogP contribution in [0.25, 0.3) is 0 Å². The van der Waals surface area contributed by atoms with E-state index in [1.54, 1.807) is 12.1 Å². The molecule has 0 amide bonds. The van der Waals surface area contributed by atoms with E-state index >= 15 is 0 Å². The second-order valence-electron chi connectivity index (χ2n) is 5.80. The van der Waals surface area contributed by atoms with Gasteiger partial charge in [-0.25, -0.2) is 13.1 Å². The lowest BCUT2D eigenvalue weighted by Crippen LogP contribution is -2.28. The molecular weight excluding hydrogens is 423 g/mol. The number of aromatic nitrogens is 2. The van der Waals surface area contributed by atoms with E-state index in [-0.39, 0.29) is 23.9 Å². The largest absolute Gasteiger partial charge is 0.435 e. The fourth-order valence-electron chi connectivity index (χ4n) is 2.44. The smallest absolute Gasteiger partial charge is 0.267 e. The molecule has 0 spiro atoms. The van der Waals surface area contributed by atoms with Crippen molar-refractivity contribution >= 4 is 26.0 Å². The van der Waals surface area contributed by atoms with Gasteiger partial charge in [0.25, 0.3) is 0 Å². The Balaban J connectivity index is 1.69. The monoisotopic (exact) mass is 437 g/mol. The van der Waals surface area contributed by atoms with Gasteiger partial charge in [0.15, 0.2) is 5.69 Å². The molecule has 1 heterocycles. The molecule has 1 aromatic heterocycles. The van der Waals surface area contributed by atoms with Crippen molar-refractivity contribution in [2.24, 2.45) is 0 Å². The van der Waals surface area contributed by atoms with Gasteiger partial charge < -0.3 is 0 Å². The minimum absolute atomic E-state index is 0.0394. The summed E-state index contributed by atoms with van der Waals surface area (Å²) in [5, 5.41) is 3.60. The third kappa shape index (κ3) is 4.42. The summed E-state index contributed by atoms with van der Waals surface area (Å²) in [6.07, 6.45) is -2.85. The Kier molecular flexibility index (Phi) is 4.95. The summed E-state index contributed by atoms with van der Waals surface area (Å²) in [6.45, 7) is -0.00519. The van der Waals surface area contributed by atoms with E-state index in [1.807, 2.05) is 0 Å². The van der Waals surface area contributed by atoms with Crippen molar-refractivity contribution in [2.45, 2.75) is 36.4 Å². The lowest BCUT2D eigenvalue weighted by atomic mass is 10.2. The molecule has 1 fully saturated rings. The predicted octanol–water partition coefficient (Wildman–Crippen LogP) is 3.52. The van der Waals surface area contributed by atoms with Crippen molar-refractivity contribution in [2.75, 3.05) is 6.54 Å². The summed E-state index contributed by atoms with van der Waals surface area (Å²) in [6, 6.07) is 7.14. The molecule has 1 aliphatic rings. The van der Waals surface area contributed by atoms with Gasteiger partial charge in [-0.3, -0.25) is 4.68 Å². The molecule has 1 aliphatic carbocycles. The number of rotatable bonds is 6. The molecule has 0 saturated heterocycles. The molecule has 0 unspecified atom stereocenters. The first-order chi connectivity index (χ1) is 11.7. The van der Waals surface area contributed by atoms with E-state index in [4.69, 9.17) is 0 Å². The van der Waals surface area contributed by atoms with E-state index in [1.165, 1.54) is 16.8 Å². The van der Waals surface area contributed by atoms with Crippen molar-refractivity contribution in [3.8, 4) is 0 Å². The van der Waals surface area contributed by atoms with Gasteiger partial charge in [-0.15, -0.1) is 0 Å². The molecule has 1 saturated carbocycles. The molecular formula is C15H15BrF3N3O2S. The van der Waals surface area contributed by atoms with Gasteiger partial charge in [0, 0.05) is 22.6 Å². The molecule has 5 nitrogen and oxygen atoms in total. The normalized spacial score (nSPS) is 15.5. The molecule has 10 heteroatoms. The first-order valence-corrected chi connectivity index (χ1v) is 9.84. The van der Waals surface area contributed by atoms with E-state index in [2.05, 4.69) is 25.8 Å². The average molecular weight is 438 g/mol. The van der Waals surface area contributed by atoms with Gasteiger partial charge in [-0.1, -0.05) is 15.9 Å². The number of benzene rings is 1. The Morgan fingerprint density at radius 3 is 2.44 bits per heavy atom. The molecule has 0 radical (unpaired) electrons. The summed E-state index contributed by atoms with van der Waals surface area (Å²) in [5.41, 5.74) is -0.430. The molecule has 1 aromatic carbocycles. The first-order valence-electron chi connectivity index (χ1n) is 7.57. The second kappa shape index (κ2) is 6.73. The Bertz CT molecular complexity index is 859. The molecule has 0 aliphatic heterocycles. The minimum atomic E-state index is -4.51. The summed E-state index contributed by atoms with van der Waals surface area (Å²) < 4.78 is 67.3. The van der Waals surface area contributed by atoms with E-state index in [0.717, 1.165) is 23.4 Å². The number of halogens is 4. The Morgan fingerprint density at radius 2 is 1.88 bits per heavy atom. The van der Waals surface area contributed by atoms with Crippen LogP contribution in [0.4, 0.5) is 13.2 Å². The lowest BCUT2D eigenvalue weighted by Gasteiger charge is -2.09. The van der Waals surface area contributed by atoms with E-state index < -0.39 is 21.9 Å². The highest BCUT2D eigenvalue weighted by Gasteiger charge is 2.37. The molecule has 0 atom stereocenters. The zero-order valence-corrected chi connectivity index (χ0v) is 15.3. The standard InChI is InChI=1S/C15H15BrF3N3O2S/c16-11-3-5-12(6-4-11)25(23,24)20-7-8-22-13(10-1-2-10)9-14(21-22)15(17,18)19/h3-6,9-10,20H,1-2,7-8H2. The predicted molar refractivity (Wildman–Crippen MR) is 88.5 cm³/mol. The van der Waals surface area contributed by atoms with Crippen molar-refractivity contribution in [3.05, 3.63) is 46.2 Å². The van der Waals surface area contributed by atoms with Crippen LogP contribution in [0.15, 0.2) is 39.7 Å². The van der Waals surface area contributed by atoms with Gasteiger partial charge in [0.2, 0.25) is 10.0 Å². The van der Waals surface area contributed by atoms with Gasteiger partial charge in [-0.2, -0.15) is 18.3 Å². The third-order valence-corrected chi connectivity index (χ3v) is 5.84. The van der Waals surface area contributed by atoms with Crippen LogP contribution >= 0.6 is 15.9 Å². The molecule has 25 heavy (non-hydrogen) atoms. The van der Waals surface area contributed by atoms with Crippen molar-refractivity contribution in [1.82, 2.24) is 14.5 Å². The van der Waals surface area contributed by atoms with Gasteiger partial charge in [0.05, 0.1) is 11.4 Å². The maximum Gasteiger partial charge on any atom is 0.435 e. The first kappa shape index (κ1) is 18.4. The number of sulfonamides is 1. The topological polar surface area (TPSA) is 64.0 Å². The molecule has 136 valence electrons. The van der Waals surface area contributed by atoms with Gasteiger partial charge in [-0.05, 0) is 43.2 Å². The Labute approximate surface area is 151 Å². The lowest BCUT2D eigenvalue weighted by molar-refractivity contribution is -0.141. The zero-order chi connectivity index (χ0) is 18.2. The van der Waals surface area contributed by atoms with Crippen LogP contribution in [0.1, 0.15) is 30.1 Å². The molecule has 2 aromatic rings. The highest BCUT2D eigenvalue weighted by Crippen LogP contribution is 2.42. The van der Waals surface area contributed by atoms with Crippen LogP contribution in [-0.4, -0.2) is 24.7 Å².